The number of rotatable bonds is 5. The van der Waals surface area contributed by atoms with Gasteiger partial charge in [-0.2, -0.15) is 0 Å². The summed E-state index contributed by atoms with van der Waals surface area (Å²) in [6, 6.07) is 41.8. The molecular weight excluding hydrogens is 518 g/mol. The predicted molar refractivity (Wildman–Crippen MR) is 156 cm³/mol. The van der Waals surface area contributed by atoms with Crippen molar-refractivity contribution < 1.29 is 4.74 Å². The molecule has 1 aromatic heterocycles. The summed E-state index contributed by atoms with van der Waals surface area (Å²) in [5.74, 6) is 1.68. The standard InChI is InChI=1S/C34H26BrNO/c35-27-19-21-28(22-20-27)37-34(26-15-8-3-9-16-26)30-18-10-17-29-31(24-11-4-1-5-12-24)23-32(36-33(29)30)25-13-6-2-7-14-25/h1-9,11-16,19-23H,10,17-18H2. The van der Waals surface area contributed by atoms with E-state index in [9.17, 15) is 0 Å². The van der Waals surface area contributed by atoms with Gasteiger partial charge >= 0.3 is 0 Å². The van der Waals surface area contributed by atoms with Crippen LogP contribution < -0.4 is 4.74 Å². The number of hydrogen-bond acceptors (Lipinski definition) is 2. The Morgan fingerprint density at radius 3 is 1.97 bits per heavy atom. The molecule has 0 atom stereocenters. The van der Waals surface area contributed by atoms with Crippen molar-refractivity contribution in [3.8, 4) is 28.1 Å². The summed E-state index contributed by atoms with van der Waals surface area (Å²) in [6.07, 6.45) is 2.95. The Balaban J connectivity index is 1.61. The fourth-order valence-electron chi connectivity index (χ4n) is 4.99. The third-order valence-corrected chi connectivity index (χ3v) is 7.29. The molecule has 3 heteroatoms. The first kappa shape index (κ1) is 23.4. The van der Waals surface area contributed by atoms with Crippen LogP contribution in [0, 0.1) is 0 Å². The lowest BCUT2D eigenvalue weighted by atomic mass is 9.84. The Labute approximate surface area is 226 Å². The quantitative estimate of drug-likeness (QED) is 0.206. The van der Waals surface area contributed by atoms with Crippen molar-refractivity contribution in [2.45, 2.75) is 19.3 Å². The first-order valence-corrected chi connectivity index (χ1v) is 13.4. The van der Waals surface area contributed by atoms with Crippen LogP contribution in [-0.2, 0) is 6.42 Å². The Morgan fingerprint density at radius 1 is 0.676 bits per heavy atom. The maximum absolute atomic E-state index is 6.66. The maximum Gasteiger partial charge on any atom is 0.139 e. The molecule has 0 amide bonds. The van der Waals surface area contributed by atoms with Gasteiger partial charge in [0.1, 0.15) is 11.5 Å². The highest BCUT2D eigenvalue weighted by molar-refractivity contribution is 9.10. The molecule has 6 rings (SSSR count). The van der Waals surface area contributed by atoms with Crippen molar-refractivity contribution in [3.63, 3.8) is 0 Å². The van der Waals surface area contributed by atoms with Crippen molar-refractivity contribution in [2.24, 2.45) is 0 Å². The maximum atomic E-state index is 6.66. The number of pyridine rings is 1. The van der Waals surface area contributed by atoms with Crippen LogP contribution in [-0.4, -0.2) is 4.98 Å². The first-order valence-electron chi connectivity index (χ1n) is 12.6. The number of fused-ring (bicyclic) bond motifs is 1. The van der Waals surface area contributed by atoms with Gasteiger partial charge in [0.05, 0.1) is 11.4 Å². The highest BCUT2D eigenvalue weighted by Crippen LogP contribution is 2.42. The zero-order valence-corrected chi connectivity index (χ0v) is 22.0. The number of allylic oxidation sites excluding steroid dienone is 1. The number of nitrogens with zero attached hydrogens (tertiary/aromatic N) is 1. The molecule has 1 heterocycles. The van der Waals surface area contributed by atoms with Crippen molar-refractivity contribution in [2.75, 3.05) is 0 Å². The monoisotopic (exact) mass is 543 g/mol. The Morgan fingerprint density at radius 2 is 1.30 bits per heavy atom. The normalized spacial score (nSPS) is 14.1. The molecule has 1 aliphatic carbocycles. The molecule has 0 saturated heterocycles. The van der Waals surface area contributed by atoms with Gasteiger partial charge in [-0.15, -0.1) is 0 Å². The lowest BCUT2D eigenvalue weighted by Gasteiger charge is -2.25. The van der Waals surface area contributed by atoms with E-state index in [4.69, 9.17) is 9.72 Å². The zero-order chi connectivity index (χ0) is 25.0. The van der Waals surface area contributed by atoms with Gasteiger partial charge in [0, 0.05) is 21.2 Å². The fraction of sp³-hybridized carbons (Fsp3) is 0.0882. The Hall–Kier alpha value is -3.95. The predicted octanol–water partition coefficient (Wildman–Crippen LogP) is 9.46. The largest absolute Gasteiger partial charge is 0.456 e. The van der Waals surface area contributed by atoms with Gasteiger partial charge < -0.3 is 4.74 Å². The van der Waals surface area contributed by atoms with E-state index in [0.29, 0.717) is 0 Å². The number of hydrogen-bond donors (Lipinski definition) is 0. The lowest BCUT2D eigenvalue weighted by molar-refractivity contribution is 0.513. The summed E-state index contributed by atoms with van der Waals surface area (Å²) in [4.78, 5) is 5.31. The minimum atomic E-state index is 0.809. The average Bonchev–Trinajstić information content (AvgIpc) is 2.97. The first-order chi connectivity index (χ1) is 18.3. The minimum absolute atomic E-state index is 0.809. The second kappa shape index (κ2) is 10.6. The van der Waals surface area contributed by atoms with Gasteiger partial charge in [0.25, 0.3) is 0 Å². The van der Waals surface area contributed by atoms with Gasteiger partial charge in [-0.25, -0.2) is 4.98 Å². The van der Waals surface area contributed by atoms with Gasteiger partial charge in [0.2, 0.25) is 0 Å². The number of ether oxygens (including phenoxy) is 1. The molecule has 5 aromatic rings. The van der Waals surface area contributed by atoms with Gasteiger partial charge in [-0.1, -0.05) is 107 Å². The van der Waals surface area contributed by atoms with E-state index in [1.54, 1.807) is 0 Å². The number of benzene rings is 4. The van der Waals surface area contributed by atoms with Crippen LogP contribution >= 0.6 is 15.9 Å². The average molecular weight is 544 g/mol. The van der Waals surface area contributed by atoms with E-state index in [0.717, 1.165) is 63.3 Å². The van der Waals surface area contributed by atoms with E-state index in [1.807, 2.05) is 36.4 Å². The van der Waals surface area contributed by atoms with Crippen LogP contribution in [0.3, 0.4) is 0 Å². The second-order valence-electron chi connectivity index (χ2n) is 9.20. The van der Waals surface area contributed by atoms with Crippen LogP contribution in [0.4, 0.5) is 0 Å². The molecule has 0 spiro atoms. The lowest BCUT2D eigenvalue weighted by Crippen LogP contribution is -2.11. The molecule has 180 valence electrons. The third-order valence-electron chi connectivity index (χ3n) is 6.76. The fourth-order valence-corrected chi connectivity index (χ4v) is 5.26. The zero-order valence-electron chi connectivity index (χ0n) is 20.4. The Kier molecular flexibility index (Phi) is 6.70. The molecule has 0 radical (unpaired) electrons. The highest BCUT2D eigenvalue weighted by atomic mass is 79.9. The molecule has 0 N–H and O–H groups in total. The van der Waals surface area contributed by atoms with Crippen LogP contribution in [0.5, 0.6) is 5.75 Å². The van der Waals surface area contributed by atoms with Crippen molar-refractivity contribution in [3.05, 3.63) is 143 Å². The Bertz CT molecular complexity index is 1540. The van der Waals surface area contributed by atoms with Gasteiger partial charge in [-0.3, -0.25) is 0 Å². The summed E-state index contributed by atoms with van der Waals surface area (Å²) >= 11 is 3.54. The topological polar surface area (TPSA) is 22.1 Å². The van der Waals surface area contributed by atoms with E-state index in [-0.39, 0.29) is 0 Å². The molecule has 0 fully saturated rings. The highest BCUT2D eigenvalue weighted by Gasteiger charge is 2.26. The number of halogens is 1. The molecule has 2 nitrogen and oxygen atoms in total. The van der Waals surface area contributed by atoms with Crippen LogP contribution in [0.15, 0.2) is 126 Å². The summed E-state index contributed by atoms with van der Waals surface area (Å²) in [7, 11) is 0. The number of aromatic nitrogens is 1. The third kappa shape index (κ3) is 5.00. The van der Waals surface area contributed by atoms with Gasteiger partial charge in [0.15, 0.2) is 0 Å². The van der Waals surface area contributed by atoms with Crippen LogP contribution in [0.25, 0.3) is 33.7 Å². The van der Waals surface area contributed by atoms with E-state index < -0.39 is 0 Å². The minimum Gasteiger partial charge on any atom is -0.456 e. The molecular formula is C34H26BrNO. The molecule has 0 aliphatic heterocycles. The molecule has 0 unspecified atom stereocenters. The van der Waals surface area contributed by atoms with Crippen LogP contribution in [0.1, 0.15) is 29.7 Å². The molecule has 0 saturated carbocycles. The summed E-state index contributed by atoms with van der Waals surface area (Å²) < 4.78 is 7.69. The van der Waals surface area contributed by atoms with E-state index in [1.165, 1.54) is 16.7 Å². The second-order valence-corrected chi connectivity index (χ2v) is 10.1. The summed E-state index contributed by atoms with van der Waals surface area (Å²) in [6.45, 7) is 0. The SMILES string of the molecule is Brc1ccc(OC(=C2CCCc3c(-c4ccccc4)cc(-c4ccccc4)nc32)c2ccccc2)cc1. The molecule has 1 aliphatic rings. The van der Waals surface area contributed by atoms with Gasteiger partial charge in [-0.05, 0) is 66.3 Å². The molecule has 4 aromatic carbocycles. The molecule has 0 bridgehead atoms. The van der Waals surface area contributed by atoms with Crippen molar-refractivity contribution >= 4 is 27.3 Å². The summed E-state index contributed by atoms with van der Waals surface area (Å²) in [5, 5.41) is 0. The van der Waals surface area contributed by atoms with E-state index >= 15 is 0 Å². The van der Waals surface area contributed by atoms with Crippen LogP contribution in [0.2, 0.25) is 0 Å². The molecule has 37 heavy (non-hydrogen) atoms. The summed E-state index contributed by atoms with van der Waals surface area (Å²) in [5.41, 5.74) is 9.11. The van der Waals surface area contributed by atoms with Crippen molar-refractivity contribution in [1.29, 1.82) is 0 Å². The smallest absolute Gasteiger partial charge is 0.139 e. The van der Waals surface area contributed by atoms with E-state index in [2.05, 4.69) is 101 Å². The van der Waals surface area contributed by atoms with Crippen molar-refractivity contribution in [1.82, 2.24) is 4.98 Å².